The molecule has 0 saturated carbocycles. The molecule has 2 aromatic heterocycles. The molecular formula is C27H24N2O7S. The van der Waals surface area contributed by atoms with Gasteiger partial charge in [-0.2, -0.15) is 0 Å². The number of fused-ring (bicyclic) bond motifs is 1. The number of ether oxygens (including phenoxy) is 3. The van der Waals surface area contributed by atoms with Gasteiger partial charge in [-0.05, 0) is 50.2 Å². The molecule has 190 valence electrons. The van der Waals surface area contributed by atoms with E-state index in [1.807, 2.05) is 13.0 Å². The van der Waals surface area contributed by atoms with Crippen molar-refractivity contribution in [2.75, 3.05) is 25.7 Å². The van der Waals surface area contributed by atoms with Gasteiger partial charge in [0.1, 0.15) is 17.6 Å². The third kappa shape index (κ3) is 4.09. The van der Waals surface area contributed by atoms with E-state index in [9.17, 15) is 14.7 Å². The molecule has 10 heteroatoms. The van der Waals surface area contributed by atoms with Gasteiger partial charge in [0, 0.05) is 5.56 Å². The lowest BCUT2D eigenvalue weighted by atomic mass is 9.94. The standard InChI is InChI=1S/C27H24N2O7S/c1-5-35-15-10-11-17-20(13-15)37-27(28-17)29-22(16-7-6-8-19(33-3)25(16)34-4)21(24(31)26(29)32)23(30)18-12-9-14(2)36-18/h6-13,22,31H,5H2,1-4H3. The summed E-state index contributed by atoms with van der Waals surface area (Å²) < 4.78 is 23.0. The number of carbonyl (C=O) groups excluding carboxylic acids is 2. The second-order valence-electron chi connectivity index (χ2n) is 8.22. The molecular weight excluding hydrogens is 496 g/mol. The maximum atomic E-state index is 13.6. The summed E-state index contributed by atoms with van der Waals surface area (Å²) in [6, 6.07) is 12.7. The van der Waals surface area contributed by atoms with Gasteiger partial charge in [-0.25, -0.2) is 4.98 Å². The van der Waals surface area contributed by atoms with Crippen LogP contribution in [0.2, 0.25) is 0 Å². The lowest BCUT2D eigenvalue weighted by Gasteiger charge is -2.26. The van der Waals surface area contributed by atoms with E-state index in [4.69, 9.17) is 18.6 Å². The Bertz CT molecular complexity index is 1550. The number of rotatable bonds is 8. The summed E-state index contributed by atoms with van der Waals surface area (Å²) >= 11 is 1.25. The highest BCUT2D eigenvalue weighted by molar-refractivity contribution is 7.22. The van der Waals surface area contributed by atoms with Crippen LogP contribution < -0.4 is 19.1 Å². The van der Waals surface area contributed by atoms with Gasteiger partial charge >= 0.3 is 0 Å². The van der Waals surface area contributed by atoms with Crippen molar-refractivity contribution in [2.24, 2.45) is 0 Å². The number of aliphatic hydroxyl groups is 1. The number of nitrogens with zero attached hydrogens (tertiary/aromatic N) is 2. The second-order valence-corrected chi connectivity index (χ2v) is 9.23. The zero-order chi connectivity index (χ0) is 26.3. The number of thiazole rings is 1. The number of carbonyl (C=O) groups is 2. The number of ketones is 1. The highest BCUT2D eigenvalue weighted by Gasteiger charge is 2.48. The number of Topliss-reactive ketones (excluding diaryl/α,β-unsaturated/α-hetero) is 1. The highest BCUT2D eigenvalue weighted by Crippen LogP contribution is 2.48. The normalized spacial score (nSPS) is 15.5. The first-order valence-corrected chi connectivity index (χ1v) is 12.3. The molecule has 1 atom stereocenters. The zero-order valence-corrected chi connectivity index (χ0v) is 21.4. The molecule has 2 aromatic carbocycles. The van der Waals surface area contributed by atoms with E-state index in [0.29, 0.717) is 45.8 Å². The lowest BCUT2D eigenvalue weighted by molar-refractivity contribution is -0.117. The number of aromatic nitrogens is 1. The zero-order valence-electron chi connectivity index (χ0n) is 20.6. The average Bonchev–Trinajstić information content (AvgIpc) is 3.59. The summed E-state index contributed by atoms with van der Waals surface area (Å²) in [5.41, 5.74) is 0.953. The minimum Gasteiger partial charge on any atom is -0.503 e. The number of para-hydroxylation sites is 1. The van der Waals surface area contributed by atoms with Gasteiger partial charge in [0.2, 0.25) is 5.78 Å². The van der Waals surface area contributed by atoms with Crippen LogP contribution in [-0.2, 0) is 4.79 Å². The topological polar surface area (TPSA) is 111 Å². The van der Waals surface area contributed by atoms with Crippen molar-refractivity contribution in [3.05, 3.63) is 76.9 Å². The molecule has 3 heterocycles. The molecule has 0 saturated heterocycles. The number of benzene rings is 2. The van der Waals surface area contributed by atoms with Gasteiger partial charge in [-0.3, -0.25) is 14.5 Å². The third-order valence-corrected chi connectivity index (χ3v) is 7.03. The number of anilines is 1. The van der Waals surface area contributed by atoms with E-state index < -0.39 is 23.5 Å². The number of furan rings is 1. The van der Waals surface area contributed by atoms with Crippen LogP contribution in [0.5, 0.6) is 17.2 Å². The quantitative estimate of drug-likeness (QED) is 0.308. The molecule has 0 fully saturated rings. The van der Waals surface area contributed by atoms with Crippen molar-refractivity contribution in [1.82, 2.24) is 4.98 Å². The fraction of sp³-hybridized carbons (Fsp3) is 0.222. The molecule has 37 heavy (non-hydrogen) atoms. The van der Waals surface area contributed by atoms with E-state index >= 15 is 0 Å². The van der Waals surface area contributed by atoms with Gasteiger partial charge in [0.05, 0.1) is 36.6 Å². The van der Waals surface area contributed by atoms with Gasteiger partial charge in [0.15, 0.2) is 28.1 Å². The number of methoxy groups -OCH3 is 2. The first kappa shape index (κ1) is 24.4. The minimum atomic E-state index is -1.05. The number of aryl methyl sites for hydroxylation is 1. The predicted molar refractivity (Wildman–Crippen MR) is 138 cm³/mol. The Morgan fingerprint density at radius 2 is 1.97 bits per heavy atom. The summed E-state index contributed by atoms with van der Waals surface area (Å²) in [5.74, 6) is -0.116. The predicted octanol–water partition coefficient (Wildman–Crippen LogP) is 5.40. The Morgan fingerprint density at radius 3 is 2.65 bits per heavy atom. The van der Waals surface area contributed by atoms with Crippen molar-refractivity contribution in [1.29, 1.82) is 0 Å². The summed E-state index contributed by atoms with van der Waals surface area (Å²) in [6.07, 6.45) is 0. The summed E-state index contributed by atoms with van der Waals surface area (Å²) in [7, 11) is 2.96. The molecule has 5 rings (SSSR count). The van der Waals surface area contributed by atoms with Gasteiger partial charge in [-0.1, -0.05) is 23.5 Å². The van der Waals surface area contributed by atoms with Crippen LogP contribution in [0.15, 0.2) is 64.3 Å². The van der Waals surface area contributed by atoms with Crippen molar-refractivity contribution >= 4 is 38.4 Å². The van der Waals surface area contributed by atoms with E-state index in [-0.39, 0.29) is 11.3 Å². The van der Waals surface area contributed by atoms with Crippen LogP contribution in [0.3, 0.4) is 0 Å². The summed E-state index contributed by atoms with van der Waals surface area (Å²) in [6.45, 7) is 4.11. The molecule has 1 amide bonds. The molecule has 0 radical (unpaired) electrons. The highest BCUT2D eigenvalue weighted by atomic mass is 32.1. The molecule has 1 aliphatic rings. The minimum absolute atomic E-state index is 0.00576. The van der Waals surface area contributed by atoms with Gasteiger partial charge in [-0.15, -0.1) is 0 Å². The largest absolute Gasteiger partial charge is 0.503 e. The lowest BCUT2D eigenvalue weighted by Crippen LogP contribution is -2.31. The SMILES string of the molecule is CCOc1ccc2nc(N3C(=O)C(O)=C(C(=O)c4ccc(C)o4)C3c3cccc(OC)c3OC)sc2c1. The van der Waals surface area contributed by atoms with Crippen LogP contribution in [0, 0.1) is 6.92 Å². The maximum absolute atomic E-state index is 13.6. The van der Waals surface area contributed by atoms with Crippen LogP contribution in [0.25, 0.3) is 10.2 Å². The number of hydrogen-bond acceptors (Lipinski definition) is 9. The van der Waals surface area contributed by atoms with Crippen LogP contribution in [0.4, 0.5) is 5.13 Å². The molecule has 1 unspecified atom stereocenters. The number of amides is 1. The van der Waals surface area contributed by atoms with Crippen molar-refractivity contribution < 1.29 is 33.3 Å². The Labute approximate surface area is 216 Å². The van der Waals surface area contributed by atoms with E-state index in [0.717, 1.165) is 4.70 Å². The summed E-state index contributed by atoms with van der Waals surface area (Å²) in [4.78, 5) is 33.1. The fourth-order valence-corrected chi connectivity index (χ4v) is 5.42. The molecule has 0 spiro atoms. The van der Waals surface area contributed by atoms with Crippen molar-refractivity contribution in [2.45, 2.75) is 19.9 Å². The number of aliphatic hydroxyl groups excluding tert-OH is 1. The molecule has 1 N–H and O–H groups in total. The van der Waals surface area contributed by atoms with Crippen LogP contribution in [0.1, 0.15) is 34.8 Å². The Morgan fingerprint density at radius 1 is 1.16 bits per heavy atom. The number of hydrogen-bond donors (Lipinski definition) is 1. The summed E-state index contributed by atoms with van der Waals surface area (Å²) in [5, 5.41) is 11.3. The Balaban J connectivity index is 1.70. The second kappa shape index (κ2) is 9.62. The molecule has 9 nitrogen and oxygen atoms in total. The monoisotopic (exact) mass is 520 g/mol. The van der Waals surface area contributed by atoms with Gasteiger partial charge in [0.25, 0.3) is 5.91 Å². The Kier molecular flexibility index (Phi) is 6.34. The van der Waals surface area contributed by atoms with E-state index in [1.54, 1.807) is 43.3 Å². The Hall–Kier alpha value is -4.31. The van der Waals surface area contributed by atoms with Crippen molar-refractivity contribution in [3.63, 3.8) is 0 Å². The first-order valence-electron chi connectivity index (χ1n) is 11.5. The molecule has 1 aliphatic heterocycles. The van der Waals surface area contributed by atoms with Crippen molar-refractivity contribution in [3.8, 4) is 17.2 Å². The van der Waals surface area contributed by atoms with Crippen LogP contribution in [-0.4, -0.2) is 42.6 Å². The maximum Gasteiger partial charge on any atom is 0.296 e. The molecule has 4 aromatic rings. The third-order valence-electron chi connectivity index (χ3n) is 6.01. The fourth-order valence-electron chi connectivity index (χ4n) is 4.40. The van der Waals surface area contributed by atoms with Gasteiger partial charge < -0.3 is 23.7 Å². The van der Waals surface area contributed by atoms with Crippen LogP contribution >= 0.6 is 11.3 Å². The van der Waals surface area contributed by atoms with E-state index in [2.05, 4.69) is 4.98 Å². The smallest absolute Gasteiger partial charge is 0.296 e. The molecule has 0 aliphatic carbocycles. The van der Waals surface area contributed by atoms with E-state index in [1.165, 1.54) is 36.5 Å². The average molecular weight is 521 g/mol. The molecule has 0 bridgehead atoms. The first-order chi connectivity index (χ1) is 17.9.